The number of β-lactam (4-membered cyclic amide) rings is 1. The van der Waals surface area contributed by atoms with Crippen molar-refractivity contribution in [3.05, 3.63) is 33.5 Å². The molecular formula is C14H11N3O5S2. The van der Waals surface area contributed by atoms with E-state index < -0.39 is 29.3 Å². The van der Waals surface area contributed by atoms with Crippen molar-refractivity contribution in [3.8, 4) is 0 Å². The summed E-state index contributed by atoms with van der Waals surface area (Å²) in [7, 11) is 0. The Morgan fingerprint density at radius 2 is 2.25 bits per heavy atom. The van der Waals surface area contributed by atoms with Crippen LogP contribution in [0.2, 0.25) is 0 Å². The molecule has 0 spiro atoms. The van der Waals surface area contributed by atoms with Gasteiger partial charge in [0.15, 0.2) is 6.04 Å². The molecule has 10 heteroatoms. The van der Waals surface area contributed by atoms with E-state index in [1.807, 2.05) is 17.5 Å². The Balaban J connectivity index is 1.72. The summed E-state index contributed by atoms with van der Waals surface area (Å²) in [4.78, 5) is 51.4. The molecule has 0 aliphatic carbocycles. The monoisotopic (exact) mass is 365 g/mol. The van der Waals surface area contributed by atoms with Crippen LogP contribution in [0.25, 0.3) is 0 Å². The summed E-state index contributed by atoms with van der Waals surface area (Å²) in [6.45, 7) is 0. The molecule has 3 heterocycles. The zero-order valence-electron chi connectivity index (χ0n) is 12.0. The average molecular weight is 365 g/mol. The van der Waals surface area contributed by atoms with Crippen molar-refractivity contribution in [1.82, 2.24) is 10.2 Å². The van der Waals surface area contributed by atoms with E-state index in [4.69, 9.17) is 0 Å². The number of hydrogen-bond acceptors (Lipinski definition) is 7. The second-order valence-electron chi connectivity index (χ2n) is 5.06. The molecule has 3 atom stereocenters. The fraction of sp³-hybridized carbons (Fsp3) is 0.286. The van der Waals surface area contributed by atoms with Gasteiger partial charge in [0.1, 0.15) is 11.4 Å². The predicted molar refractivity (Wildman–Crippen MR) is 85.8 cm³/mol. The number of thiophene rings is 1. The fourth-order valence-electron chi connectivity index (χ4n) is 2.57. The maximum Gasteiger partial charge on any atom is 0.332 e. The summed E-state index contributed by atoms with van der Waals surface area (Å²) in [6, 6.07) is 1.53. The molecule has 1 fully saturated rings. The standard InChI is InChI=1S/C14H11N3O5S2/c18-6-15-8-5-24-13-10(12(20)17(13)11(8)14(21)22)16-9(19)4-7-2-1-3-23-7/h1-3,5,10-11,13H,4H2,(H,16,19)(H,21,22)/t10?,11?,13-/m0/s1. The lowest BCUT2D eigenvalue weighted by Gasteiger charge is -2.50. The first-order chi connectivity index (χ1) is 11.5. The number of isocyanates is 1. The number of nitrogens with one attached hydrogen (secondary N) is 1. The van der Waals surface area contributed by atoms with Crippen molar-refractivity contribution in [3.63, 3.8) is 0 Å². The van der Waals surface area contributed by atoms with E-state index in [2.05, 4.69) is 10.3 Å². The quantitative estimate of drug-likeness (QED) is 0.441. The van der Waals surface area contributed by atoms with E-state index in [0.717, 1.165) is 21.5 Å². The molecule has 1 aromatic heterocycles. The Bertz CT molecular complexity index is 769. The third-order valence-corrected chi connectivity index (χ3v) is 5.64. The molecular weight excluding hydrogens is 354 g/mol. The van der Waals surface area contributed by atoms with E-state index in [-0.39, 0.29) is 18.0 Å². The van der Waals surface area contributed by atoms with Crippen molar-refractivity contribution in [1.29, 1.82) is 0 Å². The van der Waals surface area contributed by atoms with E-state index in [1.54, 1.807) is 0 Å². The molecule has 2 unspecified atom stereocenters. The number of aliphatic carboxylic acids is 1. The SMILES string of the molecule is O=C=NC1=CS[C@H]2C(NC(=O)Cc3cccs3)C(=O)N2C1C(=O)O. The van der Waals surface area contributed by atoms with Crippen LogP contribution >= 0.6 is 23.1 Å². The number of hydrogen-bond donors (Lipinski definition) is 2. The molecule has 0 radical (unpaired) electrons. The summed E-state index contributed by atoms with van der Waals surface area (Å²) in [5, 5.41) is 14.7. The van der Waals surface area contributed by atoms with Crippen LogP contribution in [-0.2, 0) is 25.6 Å². The molecule has 2 aliphatic heterocycles. The van der Waals surface area contributed by atoms with E-state index in [0.29, 0.717) is 0 Å². The third kappa shape index (κ3) is 2.86. The minimum Gasteiger partial charge on any atom is -0.479 e. The highest BCUT2D eigenvalue weighted by atomic mass is 32.2. The Morgan fingerprint density at radius 3 is 2.88 bits per heavy atom. The van der Waals surface area contributed by atoms with Gasteiger partial charge in [-0.1, -0.05) is 6.07 Å². The molecule has 0 bridgehead atoms. The van der Waals surface area contributed by atoms with Crippen molar-refractivity contribution in [2.24, 2.45) is 4.99 Å². The van der Waals surface area contributed by atoms with Crippen molar-refractivity contribution >= 4 is 47.0 Å². The summed E-state index contributed by atoms with van der Waals surface area (Å²) in [5.41, 5.74) is -0.0459. The normalized spacial score (nSPS) is 25.0. The van der Waals surface area contributed by atoms with E-state index in [1.165, 1.54) is 22.8 Å². The smallest absolute Gasteiger partial charge is 0.332 e. The molecule has 24 heavy (non-hydrogen) atoms. The first-order valence-corrected chi connectivity index (χ1v) is 8.65. The van der Waals surface area contributed by atoms with Crippen molar-refractivity contribution in [2.75, 3.05) is 0 Å². The Labute approximate surface area is 144 Å². The Morgan fingerprint density at radius 1 is 1.46 bits per heavy atom. The second kappa shape index (κ2) is 6.60. The minimum atomic E-state index is -1.34. The Kier molecular flexibility index (Phi) is 4.52. The van der Waals surface area contributed by atoms with Gasteiger partial charge in [-0.05, 0) is 16.9 Å². The molecule has 2 N–H and O–H groups in total. The molecule has 2 amide bonds. The predicted octanol–water partition coefficient (Wildman–Crippen LogP) is 0.321. The number of fused-ring (bicyclic) bond motifs is 1. The highest BCUT2D eigenvalue weighted by Crippen LogP contribution is 2.40. The minimum absolute atomic E-state index is 0.0459. The third-order valence-electron chi connectivity index (χ3n) is 3.61. The van der Waals surface area contributed by atoms with Crippen LogP contribution in [0.15, 0.2) is 33.6 Å². The van der Waals surface area contributed by atoms with Gasteiger partial charge in [0.2, 0.25) is 17.9 Å². The van der Waals surface area contributed by atoms with Gasteiger partial charge in [-0.25, -0.2) is 9.59 Å². The van der Waals surface area contributed by atoms with Crippen LogP contribution in [0.4, 0.5) is 0 Å². The van der Waals surface area contributed by atoms with Gasteiger partial charge in [-0.2, -0.15) is 4.99 Å². The lowest BCUT2D eigenvalue weighted by molar-refractivity contribution is -0.160. The number of carboxylic acid groups (broad SMARTS) is 1. The second-order valence-corrected chi connectivity index (χ2v) is 7.08. The van der Waals surface area contributed by atoms with E-state index >= 15 is 0 Å². The van der Waals surface area contributed by atoms with Gasteiger partial charge in [0.05, 0.1) is 12.1 Å². The first kappa shape index (κ1) is 16.4. The topological polar surface area (TPSA) is 116 Å². The summed E-state index contributed by atoms with van der Waals surface area (Å²) < 4.78 is 0. The zero-order chi connectivity index (χ0) is 17.3. The van der Waals surface area contributed by atoms with Gasteiger partial charge < -0.3 is 15.3 Å². The summed E-state index contributed by atoms with van der Waals surface area (Å²) >= 11 is 2.58. The van der Waals surface area contributed by atoms with Gasteiger partial charge in [-0.3, -0.25) is 9.59 Å². The van der Waals surface area contributed by atoms with Gasteiger partial charge in [0, 0.05) is 4.88 Å². The number of carboxylic acids is 1. The number of aliphatic imine (C=N–C) groups is 1. The van der Waals surface area contributed by atoms with Crippen LogP contribution in [-0.4, -0.2) is 51.3 Å². The number of thioether (sulfide) groups is 1. The maximum atomic E-state index is 12.3. The first-order valence-electron chi connectivity index (χ1n) is 6.83. The molecule has 2 aliphatic rings. The van der Waals surface area contributed by atoms with Crippen LogP contribution in [0.3, 0.4) is 0 Å². The highest BCUT2D eigenvalue weighted by molar-refractivity contribution is 8.02. The number of carbonyl (C=O) groups is 3. The average Bonchev–Trinajstić information content (AvgIpc) is 3.05. The number of nitrogens with zero attached hydrogens (tertiary/aromatic N) is 2. The number of amides is 2. The zero-order valence-corrected chi connectivity index (χ0v) is 13.7. The highest BCUT2D eigenvalue weighted by Gasteiger charge is 2.56. The van der Waals surface area contributed by atoms with Crippen LogP contribution in [0, 0.1) is 0 Å². The summed E-state index contributed by atoms with van der Waals surface area (Å²) in [5.74, 6) is -2.10. The van der Waals surface area contributed by atoms with Crippen LogP contribution < -0.4 is 5.32 Å². The van der Waals surface area contributed by atoms with Gasteiger partial charge >= 0.3 is 5.97 Å². The van der Waals surface area contributed by atoms with E-state index in [9.17, 15) is 24.3 Å². The Hall–Kier alpha value is -2.42. The van der Waals surface area contributed by atoms with Crippen molar-refractivity contribution in [2.45, 2.75) is 23.9 Å². The number of carbonyl (C=O) groups excluding carboxylic acids is 3. The number of rotatable bonds is 5. The van der Waals surface area contributed by atoms with Gasteiger partial charge in [-0.15, -0.1) is 23.1 Å². The van der Waals surface area contributed by atoms with Crippen molar-refractivity contribution < 1.29 is 24.3 Å². The summed E-state index contributed by atoms with van der Waals surface area (Å²) in [6.07, 6.45) is 1.45. The largest absolute Gasteiger partial charge is 0.479 e. The molecule has 1 aromatic rings. The van der Waals surface area contributed by atoms with Crippen LogP contribution in [0.5, 0.6) is 0 Å². The molecule has 0 saturated carbocycles. The molecule has 1 saturated heterocycles. The molecule has 124 valence electrons. The molecule has 3 rings (SSSR count). The fourth-order valence-corrected chi connectivity index (χ4v) is 4.43. The lowest BCUT2D eigenvalue weighted by Crippen LogP contribution is -2.73. The lowest BCUT2D eigenvalue weighted by atomic mass is 10.0. The maximum absolute atomic E-state index is 12.3. The van der Waals surface area contributed by atoms with Crippen LogP contribution in [0.1, 0.15) is 4.88 Å². The molecule has 8 nitrogen and oxygen atoms in total. The molecule has 0 aromatic carbocycles. The van der Waals surface area contributed by atoms with Gasteiger partial charge in [0.25, 0.3) is 0 Å².